The predicted molar refractivity (Wildman–Crippen MR) is 89.2 cm³/mol. The summed E-state index contributed by atoms with van der Waals surface area (Å²) in [7, 11) is 0. The van der Waals surface area contributed by atoms with Crippen LogP contribution in [-0.2, 0) is 17.6 Å². The largest absolute Gasteiger partial charge is 0.388 e. The van der Waals surface area contributed by atoms with Crippen LogP contribution in [0, 0.1) is 0 Å². The van der Waals surface area contributed by atoms with Crippen LogP contribution in [0.1, 0.15) is 35.7 Å². The van der Waals surface area contributed by atoms with Gasteiger partial charge in [-0.1, -0.05) is 30.7 Å². The van der Waals surface area contributed by atoms with Gasteiger partial charge in [-0.25, -0.2) is 4.98 Å². The number of carbonyl (C=O) groups is 1. The predicted octanol–water partition coefficient (Wildman–Crippen LogP) is 3.14. The van der Waals surface area contributed by atoms with Gasteiger partial charge in [-0.3, -0.25) is 4.79 Å². The van der Waals surface area contributed by atoms with E-state index in [1.807, 2.05) is 5.38 Å². The monoisotopic (exact) mass is 338 g/mol. The maximum Gasteiger partial charge on any atom is 0.222 e. The molecule has 1 heterocycles. The molecule has 1 atom stereocenters. The number of hydrogen-bond donors (Lipinski definition) is 2. The van der Waals surface area contributed by atoms with Gasteiger partial charge in [-0.2, -0.15) is 0 Å². The van der Waals surface area contributed by atoms with Gasteiger partial charge in [-0.15, -0.1) is 11.3 Å². The number of halogens is 1. The lowest BCUT2D eigenvalue weighted by molar-refractivity contribution is -0.123. The SMILES string of the molecule is CCc1nc(CCNC(=O)CC(O)c2ccc(Cl)cc2)cs1. The number of nitrogens with zero attached hydrogens (tertiary/aromatic N) is 1. The molecule has 22 heavy (non-hydrogen) atoms. The average Bonchev–Trinajstić information content (AvgIpc) is 2.96. The molecule has 0 saturated carbocycles. The lowest BCUT2D eigenvalue weighted by Crippen LogP contribution is -2.27. The summed E-state index contributed by atoms with van der Waals surface area (Å²) in [5.41, 5.74) is 1.69. The molecule has 1 aromatic heterocycles. The minimum Gasteiger partial charge on any atom is -0.388 e. The fourth-order valence-corrected chi connectivity index (χ4v) is 2.91. The van der Waals surface area contributed by atoms with Crippen molar-refractivity contribution in [2.45, 2.75) is 32.3 Å². The molecule has 0 aliphatic carbocycles. The third-order valence-electron chi connectivity index (χ3n) is 3.24. The van der Waals surface area contributed by atoms with Crippen LogP contribution in [0.5, 0.6) is 0 Å². The molecule has 2 N–H and O–H groups in total. The highest BCUT2D eigenvalue weighted by atomic mass is 35.5. The Hall–Kier alpha value is -1.43. The Bertz CT molecular complexity index is 613. The minimum absolute atomic E-state index is 0.0406. The van der Waals surface area contributed by atoms with Crippen LogP contribution in [0.2, 0.25) is 5.02 Å². The third kappa shape index (κ3) is 5.09. The Labute approximate surface area is 139 Å². The molecule has 0 radical (unpaired) electrons. The topological polar surface area (TPSA) is 62.2 Å². The first-order valence-electron chi connectivity index (χ1n) is 7.22. The van der Waals surface area contributed by atoms with E-state index in [-0.39, 0.29) is 12.3 Å². The van der Waals surface area contributed by atoms with Gasteiger partial charge in [0.1, 0.15) is 0 Å². The molecular formula is C16H19ClN2O2S. The maximum absolute atomic E-state index is 11.8. The van der Waals surface area contributed by atoms with Crippen molar-refractivity contribution < 1.29 is 9.90 Å². The number of amides is 1. The maximum atomic E-state index is 11.8. The number of aliphatic hydroxyl groups excluding tert-OH is 1. The van der Waals surface area contributed by atoms with E-state index in [4.69, 9.17) is 11.6 Å². The van der Waals surface area contributed by atoms with Gasteiger partial charge in [-0.05, 0) is 24.1 Å². The molecule has 1 aromatic carbocycles. The van der Waals surface area contributed by atoms with Gasteiger partial charge in [0.15, 0.2) is 0 Å². The van der Waals surface area contributed by atoms with E-state index in [0.717, 1.165) is 17.1 Å². The number of aromatic nitrogens is 1. The van der Waals surface area contributed by atoms with Gasteiger partial charge in [0.25, 0.3) is 0 Å². The minimum atomic E-state index is -0.816. The zero-order valence-electron chi connectivity index (χ0n) is 12.4. The van der Waals surface area contributed by atoms with Gasteiger partial charge < -0.3 is 10.4 Å². The van der Waals surface area contributed by atoms with Crippen LogP contribution in [-0.4, -0.2) is 22.5 Å². The highest BCUT2D eigenvalue weighted by Gasteiger charge is 2.12. The Morgan fingerprint density at radius 1 is 1.41 bits per heavy atom. The van der Waals surface area contributed by atoms with Crippen LogP contribution < -0.4 is 5.32 Å². The van der Waals surface area contributed by atoms with Gasteiger partial charge >= 0.3 is 0 Å². The van der Waals surface area contributed by atoms with Crippen molar-refractivity contribution in [3.05, 3.63) is 50.9 Å². The molecule has 0 aliphatic rings. The van der Waals surface area contributed by atoms with Crippen molar-refractivity contribution in [1.82, 2.24) is 10.3 Å². The summed E-state index contributed by atoms with van der Waals surface area (Å²) in [5.74, 6) is -0.173. The number of carbonyl (C=O) groups excluding carboxylic acids is 1. The van der Waals surface area contributed by atoms with Gasteiger partial charge in [0.05, 0.1) is 23.2 Å². The van der Waals surface area contributed by atoms with Crippen LogP contribution in [0.15, 0.2) is 29.6 Å². The first-order valence-corrected chi connectivity index (χ1v) is 8.47. The van der Waals surface area contributed by atoms with Crippen LogP contribution in [0.3, 0.4) is 0 Å². The number of hydrogen-bond acceptors (Lipinski definition) is 4. The molecule has 118 valence electrons. The van der Waals surface area contributed by atoms with E-state index in [0.29, 0.717) is 23.6 Å². The smallest absolute Gasteiger partial charge is 0.222 e. The average molecular weight is 339 g/mol. The van der Waals surface area contributed by atoms with E-state index in [1.54, 1.807) is 35.6 Å². The molecule has 1 unspecified atom stereocenters. The Kier molecular flexibility index (Phi) is 6.36. The standard InChI is InChI=1S/C16H19ClN2O2S/c1-2-16-19-13(10-22-16)7-8-18-15(21)9-14(20)11-3-5-12(17)6-4-11/h3-6,10,14,20H,2,7-9H2,1H3,(H,18,21). The fraction of sp³-hybridized carbons (Fsp3) is 0.375. The van der Waals surface area contributed by atoms with E-state index in [1.165, 1.54) is 0 Å². The molecule has 4 nitrogen and oxygen atoms in total. The van der Waals surface area contributed by atoms with Crippen molar-refractivity contribution in [1.29, 1.82) is 0 Å². The molecular weight excluding hydrogens is 320 g/mol. The van der Waals surface area contributed by atoms with Crippen molar-refractivity contribution in [2.24, 2.45) is 0 Å². The Morgan fingerprint density at radius 3 is 2.77 bits per heavy atom. The second kappa shape index (κ2) is 8.27. The Balaban J connectivity index is 1.74. The summed E-state index contributed by atoms with van der Waals surface area (Å²) >= 11 is 7.44. The summed E-state index contributed by atoms with van der Waals surface area (Å²) in [6.07, 6.45) is 0.867. The van der Waals surface area contributed by atoms with Crippen molar-refractivity contribution >= 4 is 28.8 Å². The zero-order valence-corrected chi connectivity index (χ0v) is 14.0. The molecule has 0 spiro atoms. The van der Waals surface area contributed by atoms with E-state index >= 15 is 0 Å². The van der Waals surface area contributed by atoms with Crippen molar-refractivity contribution in [3.63, 3.8) is 0 Å². The molecule has 0 saturated heterocycles. The van der Waals surface area contributed by atoms with E-state index in [9.17, 15) is 9.90 Å². The van der Waals surface area contributed by atoms with Gasteiger partial charge in [0.2, 0.25) is 5.91 Å². The normalized spacial score (nSPS) is 12.1. The molecule has 0 fully saturated rings. The highest BCUT2D eigenvalue weighted by molar-refractivity contribution is 7.09. The van der Waals surface area contributed by atoms with Crippen LogP contribution in [0.4, 0.5) is 0 Å². The highest BCUT2D eigenvalue weighted by Crippen LogP contribution is 2.19. The summed E-state index contributed by atoms with van der Waals surface area (Å²) in [6, 6.07) is 6.85. The Morgan fingerprint density at radius 2 is 2.14 bits per heavy atom. The van der Waals surface area contributed by atoms with Crippen molar-refractivity contribution in [3.8, 4) is 0 Å². The number of nitrogens with one attached hydrogen (secondary N) is 1. The number of rotatable bonds is 7. The van der Waals surface area contributed by atoms with Gasteiger partial charge in [0, 0.05) is 23.4 Å². The molecule has 0 aliphatic heterocycles. The first kappa shape index (κ1) is 16.9. The summed E-state index contributed by atoms with van der Waals surface area (Å²) in [5, 5.41) is 16.6. The fourth-order valence-electron chi connectivity index (χ4n) is 2.01. The van der Waals surface area contributed by atoms with E-state index in [2.05, 4.69) is 17.2 Å². The van der Waals surface area contributed by atoms with Crippen LogP contribution >= 0.6 is 22.9 Å². The van der Waals surface area contributed by atoms with Crippen molar-refractivity contribution in [2.75, 3.05) is 6.54 Å². The second-order valence-corrected chi connectivity index (χ2v) is 6.34. The quantitative estimate of drug-likeness (QED) is 0.815. The summed E-state index contributed by atoms with van der Waals surface area (Å²) in [4.78, 5) is 16.3. The molecule has 0 bridgehead atoms. The summed E-state index contributed by atoms with van der Waals surface area (Å²) < 4.78 is 0. The third-order valence-corrected chi connectivity index (χ3v) is 4.53. The zero-order chi connectivity index (χ0) is 15.9. The molecule has 1 amide bonds. The lowest BCUT2D eigenvalue weighted by atomic mass is 10.1. The number of benzene rings is 1. The van der Waals surface area contributed by atoms with Crippen LogP contribution in [0.25, 0.3) is 0 Å². The number of aryl methyl sites for hydroxylation is 1. The summed E-state index contributed by atoms with van der Waals surface area (Å²) in [6.45, 7) is 2.60. The molecule has 2 aromatic rings. The second-order valence-electron chi connectivity index (χ2n) is 4.96. The molecule has 2 rings (SSSR count). The lowest BCUT2D eigenvalue weighted by Gasteiger charge is -2.11. The first-order chi connectivity index (χ1) is 10.6. The number of aliphatic hydroxyl groups is 1. The number of thiazole rings is 1. The molecule has 6 heteroatoms. The van der Waals surface area contributed by atoms with E-state index < -0.39 is 6.10 Å².